The molecule has 1 amide bonds. The average molecular weight is 426 g/mol. The number of aromatic nitrogens is 4. The number of benzene rings is 1. The smallest absolute Gasteiger partial charge is 0.410 e. The summed E-state index contributed by atoms with van der Waals surface area (Å²) in [5.74, 6) is 1.45. The highest BCUT2D eigenvalue weighted by Crippen LogP contribution is 2.30. The number of hydrogen-bond acceptors (Lipinski definition) is 6. The first-order valence-corrected chi connectivity index (χ1v) is 10.9. The molecule has 0 atom stereocenters. The normalized spacial score (nSPS) is 15.8. The van der Waals surface area contributed by atoms with Crippen LogP contribution in [0, 0.1) is 6.92 Å². The van der Waals surface area contributed by atoms with E-state index >= 15 is 0 Å². The largest absolute Gasteiger partial charge is 0.444 e. The van der Waals surface area contributed by atoms with Crippen LogP contribution in [0.1, 0.15) is 76.4 Å². The van der Waals surface area contributed by atoms with Gasteiger partial charge >= 0.3 is 6.09 Å². The summed E-state index contributed by atoms with van der Waals surface area (Å²) in [6, 6.07) is 6.28. The minimum Gasteiger partial charge on any atom is -0.444 e. The molecule has 8 nitrogen and oxygen atoms in total. The summed E-state index contributed by atoms with van der Waals surface area (Å²) in [5.41, 5.74) is 2.70. The van der Waals surface area contributed by atoms with Gasteiger partial charge in [-0.15, -0.1) is 0 Å². The molecule has 1 saturated heterocycles. The number of nitrogens with zero attached hydrogens (tertiary/aromatic N) is 5. The first kappa shape index (κ1) is 21.3. The van der Waals surface area contributed by atoms with Crippen LogP contribution in [0.2, 0.25) is 0 Å². The Balaban J connectivity index is 1.52. The molecular formula is C23H31N5O3. The molecule has 166 valence electrons. The molecule has 4 rings (SSSR count). The van der Waals surface area contributed by atoms with E-state index in [0.717, 1.165) is 29.4 Å². The molecule has 0 saturated carbocycles. The molecule has 0 N–H and O–H groups in total. The lowest BCUT2D eigenvalue weighted by molar-refractivity contribution is 0.0198. The number of likely N-dealkylation sites (tertiary alicyclic amines) is 1. The summed E-state index contributed by atoms with van der Waals surface area (Å²) in [7, 11) is 0. The van der Waals surface area contributed by atoms with Crippen LogP contribution in [0.15, 0.2) is 22.7 Å². The maximum Gasteiger partial charge on any atom is 0.410 e. The number of amides is 1. The molecule has 0 unspecified atom stereocenters. The molecular weight excluding hydrogens is 394 g/mol. The molecule has 31 heavy (non-hydrogen) atoms. The van der Waals surface area contributed by atoms with Gasteiger partial charge in [0.2, 0.25) is 5.89 Å². The van der Waals surface area contributed by atoms with Crippen LogP contribution in [-0.4, -0.2) is 49.6 Å². The molecule has 0 radical (unpaired) electrons. The van der Waals surface area contributed by atoms with E-state index in [0.29, 0.717) is 24.9 Å². The van der Waals surface area contributed by atoms with Crippen molar-refractivity contribution in [3.05, 3.63) is 35.3 Å². The number of fused-ring (bicyclic) bond motifs is 1. The monoisotopic (exact) mass is 425 g/mol. The van der Waals surface area contributed by atoms with Gasteiger partial charge in [-0.25, -0.2) is 4.79 Å². The maximum absolute atomic E-state index is 12.3. The van der Waals surface area contributed by atoms with Crippen molar-refractivity contribution >= 4 is 17.0 Å². The zero-order chi connectivity index (χ0) is 22.3. The van der Waals surface area contributed by atoms with Crippen molar-refractivity contribution in [2.75, 3.05) is 13.1 Å². The maximum atomic E-state index is 12.3. The van der Waals surface area contributed by atoms with E-state index < -0.39 is 5.60 Å². The second kappa shape index (κ2) is 7.98. The van der Waals surface area contributed by atoms with Crippen molar-refractivity contribution in [3.63, 3.8) is 0 Å². The Labute approximate surface area is 182 Å². The van der Waals surface area contributed by atoms with Crippen molar-refractivity contribution < 1.29 is 14.1 Å². The average Bonchev–Trinajstić information content (AvgIpc) is 3.31. The van der Waals surface area contributed by atoms with Gasteiger partial charge in [-0.05, 0) is 63.7 Å². The molecule has 0 aliphatic carbocycles. The number of carbonyl (C=O) groups excluding carboxylic acids is 1. The number of aryl methyl sites for hydroxylation is 1. The molecule has 3 heterocycles. The van der Waals surface area contributed by atoms with E-state index in [4.69, 9.17) is 14.4 Å². The molecule has 0 bridgehead atoms. The van der Waals surface area contributed by atoms with Crippen LogP contribution >= 0.6 is 0 Å². The molecule has 2 aromatic heterocycles. The Morgan fingerprint density at radius 2 is 1.94 bits per heavy atom. The Hall–Kier alpha value is -2.90. The van der Waals surface area contributed by atoms with E-state index in [1.807, 2.05) is 20.8 Å². The summed E-state index contributed by atoms with van der Waals surface area (Å²) >= 11 is 0. The lowest BCUT2D eigenvalue weighted by atomic mass is 9.97. The summed E-state index contributed by atoms with van der Waals surface area (Å²) in [6.07, 6.45) is 1.26. The second-order valence-corrected chi connectivity index (χ2v) is 9.65. The van der Waals surface area contributed by atoms with E-state index in [1.165, 1.54) is 5.56 Å². The van der Waals surface area contributed by atoms with Crippen molar-refractivity contribution in [3.8, 4) is 5.95 Å². The molecule has 1 aliphatic heterocycles. The number of rotatable bonds is 3. The van der Waals surface area contributed by atoms with Crippen LogP contribution in [-0.2, 0) is 4.74 Å². The lowest BCUT2D eigenvalue weighted by Crippen LogP contribution is -2.41. The summed E-state index contributed by atoms with van der Waals surface area (Å²) in [6.45, 7) is 13.2. The highest BCUT2D eigenvalue weighted by molar-refractivity contribution is 5.84. The van der Waals surface area contributed by atoms with Crippen molar-refractivity contribution in [1.29, 1.82) is 0 Å². The SMILES string of the molecule is Cc1ccc2c(c1)c(C(C)C)nn2-c1noc(C2CCN(C(=O)OC(C)(C)C)CC2)n1. The Kier molecular flexibility index (Phi) is 5.49. The third kappa shape index (κ3) is 4.43. The highest BCUT2D eigenvalue weighted by atomic mass is 16.6. The third-order valence-electron chi connectivity index (χ3n) is 5.53. The molecule has 3 aromatic rings. The lowest BCUT2D eigenvalue weighted by Gasteiger charge is -2.32. The van der Waals surface area contributed by atoms with Gasteiger partial charge < -0.3 is 14.2 Å². The van der Waals surface area contributed by atoms with E-state index in [9.17, 15) is 4.79 Å². The minimum absolute atomic E-state index is 0.119. The minimum atomic E-state index is -0.491. The fraction of sp³-hybridized carbons (Fsp3) is 0.565. The standard InChI is InChI=1S/C23H31N5O3/c1-14(2)19-17-13-15(3)7-8-18(17)28(25-19)21-24-20(31-26-21)16-9-11-27(12-10-16)22(29)30-23(4,5)6/h7-8,13-14,16H,9-12H2,1-6H3. The third-order valence-corrected chi connectivity index (χ3v) is 5.53. The van der Waals surface area contributed by atoms with Gasteiger partial charge in [0.15, 0.2) is 0 Å². The van der Waals surface area contributed by atoms with Crippen molar-refractivity contribution in [1.82, 2.24) is 24.8 Å². The molecule has 1 aliphatic rings. The van der Waals surface area contributed by atoms with Crippen molar-refractivity contribution in [2.45, 2.75) is 71.8 Å². The Bertz CT molecular complexity index is 1080. The van der Waals surface area contributed by atoms with Crippen LogP contribution in [0.3, 0.4) is 0 Å². The predicted octanol–water partition coefficient (Wildman–Crippen LogP) is 4.95. The second-order valence-electron chi connectivity index (χ2n) is 9.65. The van der Waals surface area contributed by atoms with E-state index in [1.54, 1.807) is 9.58 Å². The van der Waals surface area contributed by atoms with Gasteiger partial charge in [-0.1, -0.05) is 25.5 Å². The van der Waals surface area contributed by atoms with Crippen LogP contribution in [0.5, 0.6) is 0 Å². The van der Waals surface area contributed by atoms with Crippen LogP contribution in [0.4, 0.5) is 4.79 Å². The summed E-state index contributed by atoms with van der Waals surface area (Å²) in [5, 5.41) is 10.1. The van der Waals surface area contributed by atoms with Crippen LogP contribution in [0.25, 0.3) is 16.9 Å². The predicted molar refractivity (Wildman–Crippen MR) is 118 cm³/mol. The molecule has 1 fully saturated rings. The van der Waals surface area contributed by atoms with Gasteiger partial charge in [-0.3, -0.25) is 0 Å². The number of piperidine rings is 1. The molecule has 1 aromatic carbocycles. The summed E-state index contributed by atoms with van der Waals surface area (Å²) < 4.78 is 12.9. The number of ether oxygens (including phenoxy) is 1. The van der Waals surface area contributed by atoms with Crippen LogP contribution < -0.4 is 0 Å². The number of carbonyl (C=O) groups is 1. The zero-order valence-corrected chi connectivity index (χ0v) is 19.2. The van der Waals surface area contributed by atoms with Gasteiger partial charge in [0.25, 0.3) is 5.95 Å². The van der Waals surface area contributed by atoms with E-state index in [2.05, 4.69) is 49.1 Å². The van der Waals surface area contributed by atoms with Gasteiger partial charge in [0.05, 0.1) is 11.2 Å². The van der Waals surface area contributed by atoms with Crippen molar-refractivity contribution in [2.24, 2.45) is 0 Å². The van der Waals surface area contributed by atoms with Gasteiger partial charge in [-0.2, -0.15) is 14.8 Å². The topological polar surface area (TPSA) is 86.3 Å². The first-order chi connectivity index (χ1) is 14.6. The Morgan fingerprint density at radius 1 is 1.23 bits per heavy atom. The van der Waals surface area contributed by atoms with Gasteiger partial charge in [0.1, 0.15) is 5.60 Å². The molecule has 0 spiro atoms. The fourth-order valence-electron chi connectivity index (χ4n) is 3.95. The summed E-state index contributed by atoms with van der Waals surface area (Å²) in [4.78, 5) is 18.7. The first-order valence-electron chi connectivity index (χ1n) is 10.9. The fourth-order valence-corrected chi connectivity index (χ4v) is 3.95. The van der Waals surface area contributed by atoms with Gasteiger partial charge in [0, 0.05) is 24.4 Å². The molecule has 8 heteroatoms. The highest BCUT2D eigenvalue weighted by Gasteiger charge is 2.30. The Morgan fingerprint density at radius 3 is 2.58 bits per heavy atom. The number of hydrogen-bond donors (Lipinski definition) is 0. The quantitative estimate of drug-likeness (QED) is 0.590. The van der Waals surface area contributed by atoms with E-state index in [-0.39, 0.29) is 17.9 Å². The zero-order valence-electron chi connectivity index (χ0n) is 19.2.